The lowest BCUT2D eigenvalue weighted by molar-refractivity contribution is 0.778. The molecule has 0 nitrogen and oxygen atoms in total. The SMILES string of the molecule is CCCCC1=C(c2ccccc2)c2cccc(Cl)c2C1. The number of rotatable bonds is 4. The van der Waals surface area contributed by atoms with E-state index in [-0.39, 0.29) is 0 Å². The number of unbranched alkanes of at least 4 members (excludes halogenated alkanes) is 1. The van der Waals surface area contributed by atoms with Crippen LogP contribution in [0.25, 0.3) is 5.57 Å². The lowest BCUT2D eigenvalue weighted by Crippen LogP contribution is -1.89. The average molecular weight is 283 g/mol. The third-order valence-corrected chi connectivity index (χ3v) is 4.38. The van der Waals surface area contributed by atoms with Gasteiger partial charge in [0.25, 0.3) is 0 Å². The zero-order valence-corrected chi connectivity index (χ0v) is 12.6. The van der Waals surface area contributed by atoms with Gasteiger partial charge in [0.1, 0.15) is 0 Å². The second kappa shape index (κ2) is 5.85. The minimum atomic E-state index is 0.905. The van der Waals surface area contributed by atoms with E-state index in [1.807, 2.05) is 6.07 Å². The first-order valence-corrected chi connectivity index (χ1v) is 7.74. The number of hydrogen-bond acceptors (Lipinski definition) is 0. The molecule has 0 saturated heterocycles. The van der Waals surface area contributed by atoms with E-state index in [2.05, 4.69) is 49.4 Å². The molecule has 1 heteroatoms. The second-order valence-electron chi connectivity index (χ2n) is 5.39. The molecule has 2 aromatic rings. The van der Waals surface area contributed by atoms with Gasteiger partial charge in [-0.1, -0.05) is 73.0 Å². The summed E-state index contributed by atoms with van der Waals surface area (Å²) in [4.78, 5) is 0. The molecule has 2 aromatic carbocycles. The molecule has 0 amide bonds. The van der Waals surface area contributed by atoms with Crippen molar-refractivity contribution in [2.24, 2.45) is 0 Å². The average Bonchev–Trinajstić information content (AvgIpc) is 2.86. The van der Waals surface area contributed by atoms with E-state index >= 15 is 0 Å². The van der Waals surface area contributed by atoms with Crippen molar-refractivity contribution in [3.63, 3.8) is 0 Å². The van der Waals surface area contributed by atoms with Gasteiger partial charge in [0.2, 0.25) is 0 Å². The summed E-state index contributed by atoms with van der Waals surface area (Å²) >= 11 is 6.40. The van der Waals surface area contributed by atoms with Crippen LogP contribution in [0.3, 0.4) is 0 Å². The third-order valence-electron chi connectivity index (χ3n) is 4.03. The van der Waals surface area contributed by atoms with E-state index in [9.17, 15) is 0 Å². The summed E-state index contributed by atoms with van der Waals surface area (Å²) in [6.45, 7) is 2.25. The van der Waals surface area contributed by atoms with Crippen molar-refractivity contribution in [2.75, 3.05) is 0 Å². The maximum atomic E-state index is 6.40. The van der Waals surface area contributed by atoms with Crippen LogP contribution in [0, 0.1) is 0 Å². The van der Waals surface area contributed by atoms with Crippen LogP contribution in [0.15, 0.2) is 54.1 Å². The highest BCUT2D eigenvalue weighted by atomic mass is 35.5. The van der Waals surface area contributed by atoms with E-state index in [4.69, 9.17) is 11.6 Å². The number of allylic oxidation sites excluding steroid dienone is 1. The predicted octanol–water partition coefficient (Wildman–Crippen LogP) is 5.89. The summed E-state index contributed by atoms with van der Waals surface area (Å²) in [5, 5.41) is 0.905. The molecule has 0 bridgehead atoms. The van der Waals surface area contributed by atoms with E-state index in [1.54, 1.807) is 5.57 Å². The van der Waals surface area contributed by atoms with E-state index in [1.165, 1.54) is 41.5 Å². The van der Waals surface area contributed by atoms with Gasteiger partial charge in [-0.15, -0.1) is 0 Å². The Labute approximate surface area is 126 Å². The fraction of sp³-hybridized carbons (Fsp3) is 0.263. The molecule has 1 aliphatic carbocycles. The first kappa shape index (κ1) is 13.5. The normalized spacial score (nSPS) is 13.7. The Kier molecular flexibility index (Phi) is 3.93. The lowest BCUT2D eigenvalue weighted by atomic mass is 9.96. The first-order valence-electron chi connectivity index (χ1n) is 7.36. The van der Waals surface area contributed by atoms with Crippen LogP contribution in [-0.4, -0.2) is 0 Å². The monoisotopic (exact) mass is 282 g/mol. The predicted molar refractivity (Wildman–Crippen MR) is 87.1 cm³/mol. The van der Waals surface area contributed by atoms with Crippen molar-refractivity contribution in [3.05, 3.63) is 75.8 Å². The Morgan fingerprint density at radius 1 is 1.00 bits per heavy atom. The van der Waals surface area contributed by atoms with Gasteiger partial charge in [-0.05, 0) is 47.6 Å². The Bertz CT molecular complexity index is 638. The van der Waals surface area contributed by atoms with Crippen LogP contribution in [0.2, 0.25) is 5.02 Å². The molecule has 0 fully saturated rings. The number of fused-ring (bicyclic) bond motifs is 1. The van der Waals surface area contributed by atoms with Gasteiger partial charge in [-0.2, -0.15) is 0 Å². The fourth-order valence-corrected chi connectivity index (χ4v) is 3.27. The molecule has 0 unspecified atom stereocenters. The van der Waals surface area contributed by atoms with Crippen LogP contribution >= 0.6 is 11.6 Å². The number of halogens is 1. The van der Waals surface area contributed by atoms with Gasteiger partial charge in [-0.25, -0.2) is 0 Å². The molecule has 0 atom stereocenters. The summed E-state index contributed by atoms with van der Waals surface area (Å²) in [5.41, 5.74) is 6.91. The van der Waals surface area contributed by atoms with E-state index in [0.717, 1.165) is 11.4 Å². The smallest absolute Gasteiger partial charge is 0.0447 e. The van der Waals surface area contributed by atoms with E-state index < -0.39 is 0 Å². The topological polar surface area (TPSA) is 0 Å². The number of hydrogen-bond donors (Lipinski definition) is 0. The fourth-order valence-electron chi connectivity index (χ4n) is 3.03. The molecule has 0 radical (unpaired) electrons. The van der Waals surface area contributed by atoms with Crippen LogP contribution in [-0.2, 0) is 6.42 Å². The molecular formula is C19H19Cl. The molecule has 1 aliphatic rings. The quantitative estimate of drug-likeness (QED) is 0.656. The molecular weight excluding hydrogens is 264 g/mol. The molecule has 0 saturated carbocycles. The minimum absolute atomic E-state index is 0.905. The van der Waals surface area contributed by atoms with Crippen molar-refractivity contribution in [2.45, 2.75) is 32.6 Å². The van der Waals surface area contributed by atoms with Gasteiger partial charge in [0.05, 0.1) is 0 Å². The highest BCUT2D eigenvalue weighted by Crippen LogP contribution is 2.41. The Hall–Kier alpha value is -1.53. The molecule has 0 aliphatic heterocycles. The first-order chi connectivity index (χ1) is 9.81. The summed E-state index contributed by atoms with van der Waals surface area (Å²) < 4.78 is 0. The molecule has 3 rings (SSSR count). The molecule has 0 aromatic heterocycles. The highest BCUT2D eigenvalue weighted by molar-refractivity contribution is 6.31. The molecule has 20 heavy (non-hydrogen) atoms. The maximum Gasteiger partial charge on any atom is 0.0447 e. The van der Waals surface area contributed by atoms with Gasteiger partial charge >= 0.3 is 0 Å². The zero-order valence-electron chi connectivity index (χ0n) is 11.8. The lowest BCUT2D eigenvalue weighted by Gasteiger charge is -2.09. The summed E-state index contributed by atoms with van der Waals surface area (Å²) in [6, 6.07) is 17.0. The molecule has 102 valence electrons. The largest absolute Gasteiger partial charge is 0.0840 e. The Balaban J connectivity index is 2.11. The Morgan fingerprint density at radius 3 is 2.55 bits per heavy atom. The van der Waals surface area contributed by atoms with Crippen LogP contribution < -0.4 is 0 Å². The maximum absolute atomic E-state index is 6.40. The van der Waals surface area contributed by atoms with Gasteiger partial charge in [-0.3, -0.25) is 0 Å². The highest BCUT2D eigenvalue weighted by Gasteiger charge is 2.23. The van der Waals surface area contributed by atoms with Crippen molar-refractivity contribution >= 4 is 17.2 Å². The van der Waals surface area contributed by atoms with Crippen LogP contribution in [0.1, 0.15) is 42.9 Å². The number of benzene rings is 2. The van der Waals surface area contributed by atoms with Gasteiger partial charge < -0.3 is 0 Å². The third kappa shape index (κ3) is 2.41. The van der Waals surface area contributed by atoms with Crippen LogP contribution in [0.4, 0.5) is 0 Å². The summed E-state index contributed by atoms with van der Waals surface area (Å²) in [6.07, 6.45) is 4.66. The van der Waals surface area contributed by atoms with Crippen molar-refractivity contribution in [3.8, 4) is 0 Å². The zero-order chi connectivity index (χ0) is 13.9. The molecule has 0 heterocycles. The summed E-state index contributed by atoms with van der Waals surface area (Å²) in [7, 11) is 0. The van der Waals surface area contributed by atoms with Crippen molar-refractivity contribution in [1.29, 1.82) is 0 Å². The molecule has 0 N–H and O–H groups in total. The van der Waals surface area contributed by atoms with Crippen molar-refractivity contribution in [1.82, 2.24) is 0 Å². The molecule has 0 spiro atoms. The minimum Gasteiger partial charge on any atom is -0.0840 e. The van der Waals surface area contributed by atoms with Gasteiger partial charge in [0, 0.05) is 5.02 Å². The van der Waals surface area contributed by atoms with Gasteiger partial charge in [0.15, 0.2) is 0 Å². The van der Waals surface area contributed by atoms with Crippen LogP contribution in [0.5, 0.6) is 0 Å². The second-order valence-corrected chi connectivity index (χ2v) is 5.80. The van der Waals surface area contributed by atoms with E-state index in [0.29, 0.717) is 0 Å². The van der Waals surface area contributed by atoms with Crippen molar-refractivity contribution < 1.29 is 0 Å². The Morgan fingerprint density at radius 2 is 1.80 bits per heavy atom. The standard InChI is InChI=1S/C19H19Cl/c1-2-3-8-15-13-17-16(11-7-12-18(17)20)19(15)14-9-5-4-6-10-14/h4-7,9-12H,2-3,8,13H2,1H3. The summed E-state index contributed by atoms with van der Waals surface area (Å²) in [5.74, 6) is 0.